The van der Waals surface area contributed by atoms with Crippen molar-refractivity contribution in [3.63, 3.8) is 0 Å². The summed E-state index contributed by atoms with van der Waals surface area (Å²) in [7, 11) is 17.0. The first-order chi connectivity index (χ1) is 8.13. The molecule has 116 valence electrons. The Morgan fingerprint density at radius 2 is 0.842 bits per heavy atom. The third kappa shape index (κ3) is 158. The summed E-state index contributed by atoms with van der Waals surface area (Å²) in [6.07, 6.45) is -0.341. The SMILES string of the molecule is C[N+](C)(C)C.C[N+](C)(C)C.O=C([O-])CCCC(=O)[O-]. The first-order valence-electron chi connectivity index (χ1n) is 6.10. The molecule has 0 aromatic rings. The van der Waals surface area contributed by atoms with Gasteiger partial charge in [-0.15, -0.1) is 0 Å². The van der Waals surface area contributed by atoms with Gasteiger partial charge in [-0.05, 0) is 19.3 Å². The van der Waals surface area contributed by atoms with Gasteiger partial charge in [-0.25, -0.2) is 0 Å². The van der Waals surface area contributed by atoms with Crippen molar-refractivity contribution >= 4 is 11.9 Å². The summed E-state index contributed by atoms with van der Waals surface area (Å²) < 4.78 is 2.00. The van der Waals surface area contributed by atoms with Gasteiger partial charge >= 0.3 is 0 Å². The fourth-order valence-electron chi connectivity index (χ4n) is 0.377. The highest BCUT2D eigenvalue weighted by Gasteiger charge is 1.89. The van der Waals surface area contributed by atoms with E-state index in [0.717, 1.165) is 8.97 Å². The van der Waals surface area contributed by atoms with Gasteiger partial charge in [-0.1, -0.05) is 0 Å². The van der Waals surface area contributed by atoms with Crippen LogP contribution in [0.15, 0.2) is 0 Å². The molecule has 0 N–H and O–H groups in total. The van der Waals surface area contributed by atoms with Crippen molar-refractivity contribution in [3.05, 3.63) is 0 Å². The van der Waals surface area contributed by atoms with Gasteiger partial charge in [0.1, 0.15) is 0 Å². The van der Waals surface area contributed by atoms with Gasteiger partial charge in [0.15, 0.2) is 0 Å². The standard InChI is InChI=1S/C5H8O4.2C4H12N/c6-4(7)2-1-3-5(8)9;2*1-5(2,3)4/h1-3H2,(H,6,7)(H,8,9);2*1-4H3/q;2*+1/p-2. The monoisotopic (exact) mass is 278 g/mol. The minimum Gasteiger partial charge on any atom is -0.550 e. The number of quaternary nitrogens is 2. The molecule has 0 saturated heterocycles. The molecule has 0 amide bonds. The van der Waals surface area contributed by atoms with E-state index in [-0.39, 0.29) is 19.3 Å². The molecule has 0 aliphatic carbocycles. The molecule has 0 fully saturated rings. The zero-order valence-corrected chi connectivity index (χ0v) is 13.6. The van der Waals surface area contributed by atoms with Crippen LogP contribution in [-0.4, -0.2) is 77.3 Å². The van der Waals surface area contributed by atoms with Crippen molar-refractivity contribution < 1.29 is 28.8 Å². The lowest BCUT2D eigenvalue weighted by molar-refractivity contribution is -0.849. The number of nitrogens with zero attached hydrogens (tertiary/aromatic N) is 2. The lowest BCUT2D eigenvalue weighted by Gasteiger charge is -2.14. The maximum Gasteiger partial charge on any atom is 0.0675 e. The van der Waals surface area contributed by atoms with Crippen molar-refractivity contribution in [1.82, 2.24) is 0 Å². The fraction of sp³-hybridized carbons (Fsp3) is 0.846. The quantitative estimate of drug-likeness (QED) is 0.574. The second-order valence-electron chi connectivity index (χ2n) is 6.96. The minimum atomic E-state index is -1.23. The Hall–Kier alpha value is -1.14. The summed E-state index contributed by atoms with van der Waals surface area (Å²) in [4.78, 5) is 19.3. The molecule has 0 aromatic carbocycles. The molecule has 0 atom stereocenters. The minimum absolute atomic E-state index is 0.0880. The maximum atomic E-state index is 9.66. The molecule has 19 heavy (non-hydrogen) atoms. The number of carbonyl (C=O) groups excluding carboxylic acids is 2. The Kier molecular flexibility index (Phi) is 13.0. The average Bonchev–Trinajstić information content (AvgIpc) is 1.94. The number of carboxylic acid groups (broad SMARTS) is 2. The smallest absolute Gasteiger partial charge is 0.0675 e. The molecule has 0 saturated carbocycles. The molecule has 0 aliphatic rings. The molecule has 0 heterocycles. The molecule has 6 heteroatoms. The number of hydrogen-bond acceptors (Lipinski definition) is 4. The van der Waals surface area contributed by atoms with Crippen molar-refractivity contribution in [2.45, 2.75) is 19.3 Å². The second-order valence-corrected chi connectivity index (χ2v) is 6.96. The predicted octanol–water partition coefficient (Wildman–Crippen LogP) is -1.70. The summed E-state index contributed by atoms with van der Waals surface area (Å²) in [6.45, 7) is 0. The highest BCUT2D eigenvalue weighted by atomic mass is 16.4. The van der Waals surface area contributed by atoms with Gasteiger partial charge in [-0.2, -0.15) is 0 Å². The highest BCUT2D eigenvalue weighted by molar-refractivity contribution is 5.67. The molecule has 0 radical (unpaired) electrons. The summed E-state index contributed by atoms with van der Waals surface area (Å²) in [5, 5.41) is 19.3. The number of carbonyl (C=O) groups is 2. The fourth-order valence-corrected chi connectivity index (χ4v) is 0.377. The molecule has 0 spiro atoms. The second kappa shape index (κ2) is 10.8. The van der Waals surface area contributed by atoms with E-state index in [1.54, 1.807) is 0 Å². The molecular weight excluding hydrogens is 248 g/mol. The Bertz CT molecular complexity index is 214. The van der Waals surface area contributed by atoms with E-state index in [0.29, 0.717) is 0 Å². The zero-order valence-electron chi connectivity index (χ0n) is 13.6. The van der Waals surface area contributed by atoms with Crippen LogP contribution in [0.4, 0.5) is 0 Å². The van der Waals surface area contributed by atoms with Crippen LogP contribution in [0.2, 0.25) is 0 Å². The zero-order chi connectivity index (χ0) is 16.3. The Morgan fingerprint density at radius 3 is 0.947 bits per heavy atom. The molecule has 0 bridgehead atoms. The number of carboxylic acids is 2. The van der Waals surface area contributed by atoms with E-state index >= 15 is 0 Å². The maximum absolute atomic E-state index is 9.66. The number of rotatable bonds is 4. The summed E-state index contributed by atoms with van der Waals surface area (Å²) in [5.74, 6) is -2.45. The van der Waals surface area contributed by atoms with Crippen molar-refractivity contribution in [2.75, 3.05) is 56.4 Å². The van der Waals surface area contributed by atoms with Crippen molar-refractivity contribution in [1.29, 1.82) is 0 Å². The largest absolute Gasteiger partial charge is 0.550 e. The molecule has 6 nitrogen and oxygen atoms in total. The van der Waals surface area contributed by atoms with Crippen LogP contribution in [0, 0.1) is 0 Å². The van der Waals surface area contributed by atoms with E-state index in [2.05, 4.69) is 56.4 Å². The first-order valence-corrected chi connectivity index (χ1v) is 6.10. The van der Waals surface area contributed by atoms with Crippen molar-refractivity contribution in [2.24, 2.45) is 0 Å². The van der Waals surface area contributed by atoms with Gasteiger partial charge in [-0.3, -0.25) is 0 Å². The number of aliphatic carboxylic acids is 2. The topological polar surface area (TPSA) is 80.3 Å². The van der Waals surface area contributed by atoms with Gasteiger partial charge in [0.2, 0.25) is 0 Å². The van der Waals surface area contributed by atoms with Crippen molar-refractivity contribution in [3.8, 4) is 0 Å². The Balaban J connectivity index is -0.000000219. The molecule has 0 unspecified atom stereocenters. The molecule has 0 rings (SSSR count). The van der Waals surface area contributed by atoms with E-state index in [4.69, 9.17) is 0 Å². The van der Waals surface area contributed by atoms with Crippen LogP contribution in [0.25, 0.3) is 0 Å². The summed E-state index contributed by atoms with van der Waals surface area (Å²) >= 11 is 0. The summed E-state index contributed by atoms with van der Waals surface area (Å²) in [5.41, 5.74) is 0. The lowest BCUT2D eigenvalue weighted by atomic mass is 10.2. The molecule has 0 aromatic heterocycles. The third-order valence-electron chi connectivity index (χ3n) is 0.762. The van der Waals surface area contributed by atoms with E-state index in [9.17, 15) is 19.8 Å². The van der Waals surface area contributed by atoms with Crippen LogP contribution >= 0.6 is 0 Å². The third-order valence-corrected chi connectivity index (χ3v) is 0.762. The number of hydrogen-bond donors (Lipinski definition) is 0. The van der Waals surface area contributed by atoms with Crippen LogP contribution in [0.5, 0.6) is 0 Å². The first kappa shape index (κ1) is 23.0. The summed E-state index contributed by atoms with van der Waals surface area (Å²) in [6, 6.07) is 0. The normalized spacial score (nSPS) is 10.5. The van der Waals surface area contributed by atoms with Crippen LogP contribution in [-0.2, 0) is 9.59 Å². The van der Waals surface area contributed by atoms with Gasteiger partial charge in [0.05, 0.1) is 56.4 Å². The van der Waals surface area contributed by atoms with Gasteiger partial charge in [0, 0.05) is 11.9 Å². The van der Waals surface area contributed by atoms with Gasteiger partial charge < -0.3 is 28.8 Å². The lowest BCUT2D eigenvalue weighted by Crippen LogP contribution is -2.27. The Morgan fingerprint density at radius 1 is 0.684 bits per heavy atom. The highest BCUT2D eigenvalue weighted by Crippen LogP contribution is 1.90. The van der Waals surface area contributed by atoms with Gasteiger partial charge in [0.25, 0.3) is 0 Å². The van der Waals surface area contributed by atoms with Crippen LogP contribution in [0.3, 0.4) is 0 Å². The van der Waals surface area contributed by atoms with E-state index in [1.165, 1.54) is 0 Å². The van der Waals surface area contributed by atoms with E-state index < -0.39 is 11.9 Å². The average molecular weight is 278 g/mol. The molecular formula is C13H30N2O4. The van der Waals surface area contributed by atoms with Crippen LogP contribution in [0.1, 0.15) is 19.3 Å². The van der Waals surface area contributed by atoms with E-state index in [1.807, 2.05) is 0 Å². The Labute approximate surface area is 117 Å². The molecule has 0 aliphatic heterocycles. The van der Waals surface area contributed by atoms with Crippen LogP contribution < -0.4 is 10.2 Å². The predicted molar refractivity (Wildman–Crippen MR) is 71.8 cm³/mol.